The molecule has 0 spiro atoms. The van der Waals surface area contributed by atoms with Gasteiger partial charge in [-0.25, -0.2) is 0 Å². The number of benzene rings is 4. The van der Waals surface area contributed by atoms with Gasteiger partial charge in [-0.3, -0.25) is 4.79 Å². The average molecular weight is 481 g/mol. The van der Waals surface area contributed by atoms with Crippen LogP contribution in [0.2, 0.25) is 0 Å². The number of ether oxygens (including phenoxy) is 3. The van der Waals surface area contributed by atoms with Gasteiger partial charge in [0.1, 0.15) is 24.5 Å². The Kier molecular flexibility index (Phi) is 6.58. The van der Waals surface area contributed by atoms with E-state index < -0.39 is 0 Å². The summed E-state index contributed by atoms with van der Waals surface area (Å²) >= 11 is 0. The predicted octanol–water partition coefficient (Wildman–Crippen LogP) is 6.33. The van der Waals surface area contributed by atoms with Crippen LogP contribution in [0.4, 0.5) is 0 Å². The molecule has 1 aromatic heterocycles. The first-order valence-electron chi connectivity index (χ1n) is 11.4. The summed E-state index contributed by atoms with van der Waals surface area (Å²) in [7, 11) is 1.42. The molecular weight excluding hydrogens is 456 g/mol. The second-order valence-corrected chi connectivity index (χ2v) is 8.18. The third-order valence-corrected chi connectivity index (χ3v) is 5.72. The zero-order valence-corrected chi connectivity index (χ0v) is 19.6. The van der Waals surface area contributed by atoms with Crippen molar-refractivity contribution < 1.29 is 23.7 Å². The average Bonchev–Trinajstić information content (AvgIpc) is 2.92. The highest BCUT2D eigenvalue weighted by Crippen LogP contribution is 2.38. The number of rotatable bonds is 8. The summed E-state index contributed by atoms with van der Waals surface area (Å²) in [5, 5.41) is 10.2. The van der Waals surface area contributed by atoms with E-state index >= 15 is 0 Å². The van der Waals surface area contributed by atoms with Gasteiger partial charge in [-0.1, -0.05) is 60.7 Å². The highest BCUT2D eigenvalue weighted by Gasteiger charge is 2.19. The van der Waals surface area contributed by atoms with Crippen molar-refractivity contribution in [3.05, 3.63) is 118 Å². The third-order valence-electron chi connectivity index (χ3n) is 5.72. The van der Waals surface area contributed by atoms with E-state index in [0.29, 0.717) is 35.7 Å². The van der Waals surface area contributed by atoms with Crippen molar-refractivity contribution in [1.29, 1.82) is 0 Å². The minimum Gasteiger partial charge on any atom is -0.508 e. The van der Waals surface area contributed by atoms with Crippen molar-refractivity contribution in [2.45, 2.75) is 13.2 Å². The molecular formula is C30H24O6. The third kappa shape index (κ3) is 4.88. The first-order chi connectivity index (χ1) is 17.6. The van der Waals surface area contributed by atoms with Crippen molar-refractivity contribution in [2.75, 3.05) is 7.11 Å². The van der Waals surface area contributed by atoms with E-state index in [1.807, 2.05) is 60.7 Å². The molecule has 1 N–H and O–H groups in total. The number of methoxy groups -OCH3 is 1. The summed E-state index contributed by atoms with van der Waals surface area (Å²) in [6.07, 6.45) is 0. The van der Waals surface area contributed by atoms with E-state index in [1.54, 1.807) is 18.2 Å². The number of aromatic hydroxyl groups is 1. The zero-order chi connectivity index (χ0) is 24.9. The van der Waals surface area contributed by atoms with Gasteiger partial charge >= 0.3 is 0 Å². The van der Waals surface area contributed by atoms with Gasteiger partial charge in [0, 0.05) is 11.6 Å². The van der Waals surface area contributed by atoms with Gasteiger partial charge in [0.2, 0.25) is 11.2 Å². The lowest BCUT2D eigenvalue weighted by atomic mass is 10.1. The molecule has 0 aliphatic heterocycles. The Morgan fingerprint density at radius 1 is 0.750 bits per heavy atom. The molecule has 1 heterocycles. The van der Waals surface area contributed by atoms with Gasteiger partial charge in [0.05, 0.1) is 12.5 Å². The fourth-order valence-corrected chi connectivity index (χ4v) is 3.89. The highest BCUT2D eigenvalue weighted by molar-refractivity contribution is 5.83. The number of phenolic OH excluding ortho intramolecular Hbond substituents is 1. The molecule has 36 heavy (non-hydrogen) atoms. The highest BCUT2D eigenvalue weighted by atomic mass is 16.5. The molecule has 0 unspecified atom stereocenters. The van der Waals surface area contributed by atoms with Crippen LogP contribution in [0.1, 0.15) is 11.1 Å². The Balaban J connectivity index is 1.55. The van der Waals surface area contributed by atoms with Crippen LogP contribution in [-0.4, -0.2) is 12.2 Å². The van der Waals surface area contributed by atoms with Crippen molar-refractivity contribution in [2.24, 2.45) is 0 Å². The van der Waals surface area contributed by atoms with Crippen LogP contribution < -0.4 is 19.6 Å². The van der Waals surface area contributed by atoms with Gasteiger partial charge in [-0.15, -0.1) is 0 Å². The molecule has 0 amide bonds. The molecule has 0 atom stereocenters. The van der Waals surface area contributed by atoms with Gasteiger partial charge in [0.15, 0.2) is 17.3 Å². The van der Waals surface area contributed by atoms with Gasteiger partial charge in [0.25, 0.3) is 0 Å². The molecule has 0 bridgehead atoms. The monoisotopic (exact) mass is 480 g/mol. The maximum absolute atomic E-state index is 13.1. The molecule has 6 nitrogen and oxygen atoms in total. The normalized spacial score (nSPS) is 10.8. The van der Waals surface area contributed by atoms with Crippen molar-refractivity contribution in [3.8, 4) is 34.3 Å². The lowest BCUT2D eigenvalue weighted by Crippen LogP contribution is -2.07. The fourth-order valence-electron chi connectivity index (χ4n) is 3.89. The summed E-state index contributed by atoms with van der Waals surface area (Å²) in [4.78, 5) is 13.1. The van der Waals surface area contributed by atoms with Crippen molar-refractivity contribution in [3.63, 3.8) is 0 Å². The van der Waals surface area contributed by atoms with Gasteiger partial charge < -0.3 is 23.7 Å². The smallest absolute Gasteiger partial charge is 0.235 e. The molecule has 5 rings (SSSR count). The number of phenols is 1. The fraction of sp³-hybridized carbons (Fsp3) is 0.100. The quantitative estimate of drug-likeness (QED) is 0.280. The van der Waals surface area contributed by atoms with E-state index in [-0.39, 0.29) is 28.3 Å². The topological polar surface area (TPSA) is 78.1 Å². The minimum atomic E-state index is -0.329. The lowest BCUT2D eigenvalue weighted by molar-refractivity contribution is 0.256. The molecule has 0 radical (unpaired) electrons. The van der Waals surface area contributed by atoms with Crippen LogP contribution in [0.5, 0.6) is 23.0 Å². The van der Waals surface area contributed by atoms with E-state index in [2.05, 4.69) is 0 Å². The molecule has 0 saturated heterocycles. The number of hydrogen-bond donors (Lipinski definition) is 1. The van der Waals surface area contributed by atoms with E-state index in [9.17, 15) is 9.90 Å². The summed E-state index contributed by atoms with van der Waals surface area (Å²) in [5.41, 5.74) is 2.53. The first-order valence-corrected chi connectivity index (χ1v) is 11.4. The van der Waals surface area contributed by atoms with Crippen LogP contribution >= 0.6 is 0 Å². The van der Waals surface area contributed by atoms with E-state index in [1.165, 1.54) is 25.3 Å². The van der Waals surface area contributed by atoms with Crippen LogP contribution in [-0.2, 0) is 13.2 Å². The predicted molar refractivity (Wildman–Crippen MR) is 138 cm³/mol. The lowest BCUT2D eigenvalue weighted by Gasteiger charge is -2.15. The Bertz CT molecular complexity index is 1540. The minimum absolute atomic E-state index is 0.00156. The Morgan fingerprint density at radius 2 is 1.39 bits per heavy atom. The standard InChI is InChI=1S/C30H24O6/c1-33-30-28(32)24-14-13-23(31)17-26(24)36-29(30)22-12-15-25(34-18-20-8-4-2-5-9-20)27(16-22)35-19-21-10-6-3-7-11-21/h2-17,31H,18-19H2,1H3. The van der Waals surface area contributed by atoms with Gasteiger partial charge in [-0.05, 0) is 41.5 Å². The molecule has 5 aromatic rings. The maximum atomic E-state index is 13.1. The molecule has 180 valence electrons. The van der Waals surface area contributed by atoms with E-state index in [0.717, 1.165) is 11.1 Å². The van der Waals surface area contributed by atoms with E-state index in [4.69, 9.17) is 18.6 Å². The Morgan fingerprint density at radius 3 is 2.03 bits per heavy atom. The Hall–Kier alpha value is -4.71. The van der Waals surface area contributed by atoms with Crippen LogP contribution in [0.25, 0.3) is 22.3 Å². The zero-order valence-electron chi connectivity index (χ0n) is 19.6. The largest absolute Gasteiger partial charge is 0.508 e. The molecule has 0 aliphatic carbocycles. The SMILES string of the molecule is COc1c(-c2ccc(OCc3ccccc3)c(OCc3ccccc3)c2)oc2cc(O)ccc2c1=O. The summed E-state index contributed by atoms with van der Waals surface area (Å²) in [6.45, 7) is 0.703. The first kappa shape index (κ1) is 23.1. The number of hydrogen-bond acceptors (Lipinski definition) is 6. The van der Waals surface area contributed by atoms with Crippen molar-refractivity contribution in [1.82, 2.24) is 0 Å². The maximum Gasteiger partial charge on any atom is 0.235 e. The molecule has 0 saturated carbocycles. The van der Waals surface area contributed by atoms with Crippen LogP contribution in [0.3, 0.4) is 0 Å². The second kappa shape index (κ2) is 10.3. The van der Waals surface area contributed by atoms with Crippen LogP contribution in [0, 0.1) is 0 Å². The summed E-state index contributed by atoms with van der Waals surface area (Å²) < 4.78 is 23.7. The molecule has 4 aromatic carbocycles. The number of fused-ring (bicyclic) bond motifs is 1. The molecule has 0 fully saturated rings. The molecule has 6 heteroatoms. The summed E-state index contributed by atoms with van der Waals surface area (Å²) in [5.74, 6) is 1.35. The van der Waals surface area contributed by atoms with Gasteiger partial charge in [-0.2, -0.15) is 0 Å². The Labute approximate surface area is 207 Å². The summed E-state index contributed by atoms with van der Waals surface area (Å²) in [6, 6.07) is 29.3. The second-order valence-electron chi connectivity index (χ2n) is 8.18. The van der Waals surface area contributed by atoms with Crippen LogP contribution in [0.15, 0.2) is 106 Å². The van der Waals surface area contributed by atoms with Crippen molar-refractivity contribution >= 4 is 11.0 Å². The molecule has 0 aliphatic rings.